The molecule has 2 aromatic rings. The highest BCUT2D eigenvalue weighted by molar-refractivity contribution is 5.79. The molecule has 0 aromatic heterocycles. The van der Waals surface area contributed by atoms with Crippen LogP contribution >= 0.6 is 0 Å². The van der Waals surface area contributed by atoms with E-state index in [1.807, 2.05) is 33.8 Å². The van der Waals surface area contributed by atoms with Gasteiger partial charge in [-0.15, -0.1) is 0 Å². The standard InChI is InChI=1S/C30H42N2O5/c1-5-34-26-12-11-22(18-27(26)35-6-2)17-25-24-20-29(37-8-4)28(36-7-3)19-23(24)13-16-32(25)30(33)21-31-14-9-10-15-31/h11-12,18-20,25H,5-10,13-17,21H2,1-4H3/t25-/m0/s1. The van der Waals surface area contributed by atoms with Gasteiger partial charge in [-0.1, -0.05) is 6.07 Å². The molecule has 1 fully saturated rings. The molecule has 0 N–H and O–H groups in total. The summed E-state index contributed by atoms with van der Waals surface area (Å²) in [5.74, 6) is 3.20. The molecule has 2 aromatic carbocycles. The maximum atomic E-state index is 13.6. The minimum absolute atomic E-state index is 0.0962. The first-order valence-corrected chi connectivity index (χ1v) is 13.9. The van der Waals surface area contributed by atoms with E-state index < -0.39 is 0 Å². The largest absolute Gasteiger partial charge is 0.490 e. The predicted octanol–water partition coefficient (Wildman–Crippen LogP) is 5.05. The van der Waals surface area contributed by atoms with Crippen LogP contribution in [0.3, 0.4) is 0 Å². The van der Waals surface area contributed by atoms with Gasteiger partial charge in [0.15, 0.2) is 23.0 Å². The van der Waals surface area contributed by atoms with Gasteiger partial charge in [0.2, 0.25) is 5.91 Å². The number of ether oxygens (including phenoxy) is 4. The number of fused-ring (bicyclic) bond motifs is 1. The molecule has 37 heavy (non-hydrogen) atoms. The fourth-order valence-electron chi connectivity index (χ4n) is 5.43. The topological polar surface area (TPSA) is 60.5 Å². The molecule has 2 aliphatic rings. The maximum Gasteiger partial charge on any atom is 0.237 e. The summed E-state index contributed by atoms with van der Waals surface area (Å²) in [5.41, 5.74) is 3.47. The number of rotatable bonds is 12. The summed E-state index contributed by atoms with van der Waals surface area (Å²) < 4.78 is 23.6. The Kier molecular flexibility index (Phi) is 9.56. The van der Waals surface area contributed by atoms with Crippen LogP contribution in [0.1, 0.15) is 63.3 Å². The molecule has 0 bridgehead atoms. The first-order valence-electron chi connectivity index (χ1n) is 13.9. The molecule has 1 saturated heterocycles. The van der Waals surface area contributed by atoms with Crippen molar-refractivity contribution in [3.63, 3.8) is 0 Å². The lowest BCUT2D eigenvalue weighted by Crippen LogP contribution is -2.45. The van der Waals surface area contributed by atoms with Crippen molar-refractivity contribution in [1.29, 1.82) is 0 Å². The Bertz CT molecular complexity index is 1050. The van der Waals surface area contributed by atoms with Crippen LogP contribution in [0.4, 0.5) is 0 Å². The summed E-state index contributed by atoms with van der Waals surface area (Å²) in [6.07, 6.45) is 3.83. The second-order valence-electron chi connectivity index (χ2n) is 9.55. The number of carbonyl (C=O) groups excluding carboxylic acids is 1. The second kappa shape index (κ2) is 13.0. The highest BCUT2D eigenvalue weighted by atomic mass is 16.5. The van der Waals surface area contributed by atoms with Gasteiger partial charge in [-0.25, -0.2) is 0 Å². The van der Waals surface area contributed by atoms with Crippen molar-refractivity contribution in [3.05, 3.63) is 47.0 Å². The lowest BCUT2D eigenvalue weighted by atomic mass is 9.88. The molecule has 202 valence electrons. The summed E-state index contributed by atoms with van der Waals surface area (Å²) in [5, 5.41) is 0. The maximum absolute atomic E-state index is 13.6. The molecule has 0 saturated carbocycles. The third-order valence-corrected chi connectivity index (χ3v) is 7.08. The van der Waals surface area contributed by atoms with E-state index in [0.29, 0.717) is 45.9 Å². The lowest BCUT2D eigenvalue weighted by molar-refractivity contribution is -0.135. The summed E-state index contributed by atoms with van der Waals surface area (Å²) in [4.78, 5) is 18.0. The quantitative estimate of drug-likeness (QED) is 0.399. The van der Waals surface area contributed by atoms with Crippen molar-refractivity contribution in [3.8, 4) is 23.0 Å². The van der Waals surface area contributed by atoms with Crippen LogP contribution in [0, 0.1) is 0 Å². The smallest absolute Gasteiger partial charge is 0.237 e. The van der Waals surface area contributed by atoms with Crippen LogP contribution in [0.2, 0.25) is 0 Å². The summed E-state index contributed by atoms with van der Waals surface area (Å²) in [7, 11) is 0. The normalized spacial score (nSPS) is 17.4. The van der Waals surface area contributed by atoms with Gasteiger partial charge in [-0.3, -0.25) is 9.69 Å². The Hall–Kier alpha value is -2.93. The first kappa shape index (κ1) is 27.1. The summed E-state index contributed by atoms with van der Waals surface area (Å²) >= 11 is 0. The highest BCUT2D eigenvalue weighted by Gasteiger charge is 2.33. The van der Waals surface area contributed by atoms with Crippen LogP contribution in [0.25, 0.3) is 0 Å². The van der Waals surface area contributed by atoms with Gasteiger partial charge < -0.3 is 23.8 Å². The molecular weight excluding hydrogens is 468 g/mol. The number of carbonyl (C=O) groups is 1. The van der Waals surface area contributed by atoms with E-state index in [1.165, 1.54) is 18.4 Å². The van der Waals surface area contributed by atoms with Gasteiger partial charge in [0.25, 0.3) is 0 Å². The Balaban J connectivity index is 1.70. The third-order valence-electron chi connectivity index (χ3n) is 7.08. The predicted molar refractivity (Wildman–Crippen MR) is 145 cm³/mol. The van der Waals surface area contributed by atoms with Crippen LogP contribution in [0.5, 0.6) is 23.0 Å². The molecule has 0 spiro atoms. The van der Waals surface area contributed by atoms with Crippen molar-refractivity contribution in [2.75, 3.05) is 52.6 Å². The molecular formula is C30H42N2O5. The van der Waals surface area contributed by atoms with E-state index in [2.05, 4.69) is 34.1 Å². The number of amides is 1. The SMILES string of the molecule is CCOc1ccc(C[C@H]2c3cc(OCC)c(OCC)cc3CCN2C(=O)CN2CCCC2)cc1OCC. The Morgan fingerprint density at radius 1 is 0.784 bits per heavy atom. The van der Waals surface area contributed by atoms with Crippen molar-refractivity contribution in [2.45, 2.75) is 59.4 Å². The zero-order valence-corrected chi connectivity index (χ0v) is 22.9. The van der Waals surface area contributed by atoms with E-state index in [9.17, 15) is 4.79 Å². The minimum Gasteiger partial charge on any atom is -0.490 e. The van der Waals surface area contributed by atoms with E-state index in [-0.39, 0.29) is 11.9 Å². The average molecular weight is 511 g/mol. The highest BCUT2D eigenvalue weighted by Crippen LogP contribution is 2.41. The Morgan fingerprint density at radius 3 is 2.03 bits per heavy atom. The third kappa shape index (κ3) is 6.50. The van der Waals surface area contributed by atoms with Crippen LogP contribution < -0.4 is 18.9 Å². The minimum atomic E-state index is -0.0962. The van der Waals surface area contributed by atoms with Gasteiger partial charge in [0.05, 0.1) is 39.0 Å². The molecule has 7 nitrogen and oxygen atoms in total. The number of nitrogens with zero attached hydrogens (tertiary/aromatic N) is 2. The summed E-state index contributed by atoms with van der Waals surface area (Å²) in [6, 6.07) is 10.2. The van der Waals surface area contributed by atoms with E-state index >= 15 is 0 Å². The molecule has 2 aliphatic heterocycles. The monoisotopic (exact) mass is 510 g/mol. The first-order chi connectivity index (χ1) is 18.1. The lowest BCUT2D eigenvalue weighted by Gasteiger charge is -2.39. The second-order valence-corrected chi connectivity index (χ2v) is 9.55. The molecule has 0 radical (unpaired) electrons. The van der Waals surface area contributed by atoms with Crippen LogP contribution in [-0.2, 0) is 17.6 Å². The van der Waals surface area contributed by atoms with Gasteiger partial charge in [-0.05, 0) is 107 Å². The van der Waals surface area contributed by atoms with Crippen molar-refractivity contribution < 1.29 is 23.7 Å². The fourth-order valence-corrected chi connectivity index (χ4v) is 5.43. The van der Waals surface area contributed by atoms with Gasteiger partial charge in [0.1, 0.15) is 0 Å². The van der Waals surface area contributed by atoms with E-state index in [1.54, 1.807) is 0 Å². The zero-order valence-electron chi connectivity index (χ0n) is 22.9. The molecule has 2 heterocycles. The molecule has 1 amide bonds. The molecule has 0 unspecified atom stereocenters. The van der Waals surface area contributed by atoms with Crippen LogP contribution in [0.15, 0.2) is 30.3 Å². The van der Waals surface area contributed by atoms with Crippen LogP contribution in [-0.4, -0.2) is 68.3 Å². The van der Waals surface area contributed by atoms with Crippen molar-refractivity contribution in [2.24, 2.45) is 0 Å². The number of benzene rings is 2. The summed E-state index contributed by atoms with van der Waals surface area (Å²) in [6.45, 7) is 13.4. The zero-order chi connectivity index (χ0) is 26.2. The Morgan fingerprint density at radius 2 is 1.38 bits per heavy atom. The van der Waals surface area contributed by atoms with E-state index in [0.717, 1.165) is 53.6 Å². The van der Waals surface area contributed by atoms with Crippen molar-refractivity contribution >= 4 is 5.91 Å². The number of likely N-dealkylation sites (tertiary alicyclic amines) is 1. The number of hydrogen-bond donors (Lipinski definition) is 0. The van der Waals surface area contributed by atoms with Gasteiger partial charge in [-0.2, -0.15) is 0 Å². The molecule has 1 atom stereocenters. The number of hydrogen-bond acceptors (Lipinski definition) is 6. The van der Waals surface area contributed by atoms with Crippen molar-refractivity contribution in [1.82, 2.24) is 9.80 Å². The van der Waals surface area contributed by atoms with Gasteiger partial charge >= 0.3 is 0 Å². The Labute approximate surface area is 221 Å². The van der Waals surface area contributed by atoms with Gasteiger partial charge in [0, 0.05) is 6.54 Å². The molecule has 4 rings (SSSR count). The molecule has 0 aliphatic carbocycles. The van der Waals surface area contributed by atoms with E-state index in [4.69, 9.17) is 18.9 Å². The fraction of sp³-hybridized carbons (Fsp3) is 0.567. The average Bonchev–Trinajstić information content (AvgIpc) is 3.40. The molecule has 7 heteroatoms.